The number of nitrogens with two attached hydrogens (primary N) is 1. The molecule has 2 aliphatic heterocycles. The van der Waals surface area contributed by atoms with Gasteiger partial charge in [0.05, 0.1) is 11.0 Å². The van der Waals surface area contributed by atoms with Crippen LogP contribution in [-0.2, 0) is 0 Å². The van der Waals surface area contributed by atoms with E-state index in [0.29, 0.717) is 4.99 Å². The fourth-order valence-electron chi connectivity index (χ4n) is 3.10. The van der Waals surface area contributed by atoms with E-state index in [9.17, 15) is 0 Å². The molecule has 3 nitrogen and oxygen atoms in total. The van der Waals surface area contributed by atoms with Crippen LogP contribution >= 0.6 is 12.2 Å². The molecule has 0 aromatic rings. The highest BCUT2D eigenvalue weighted by atomic mass is 32.1. The Morgan fingerprint density at radius 3 is 2.24 bits per heavy atom. The van der Waals surface area contributed by atoms with Gasteiger partial charge >= 0.3 is 0 Å². The lowest BCUT2D eigenvalue weighted by molar-refractivity contribution is 0.0875. The molecule has 0 spiro atoms. The number of nitrogens with zero attached hydrogens (tertiary/aromatic N) is 2. The number of hydrogen-bond donors (Lipinski definition) is 1. The molecule has 0 amide bonds. The minimum atomic E-state index is 0.271. The van der Waals surface area contributed by atoms with Crippen LogP contribution in [0.25, 0.3) is 0 Å². The van der Waals surface area contributed by atoms with Crippen molar-refractivity contribution in [3.8, 4) is 0 Å². The molecule has 17 heavy (non-hydrogen) atoms. The first-order chi connectivity index (χ1) is 8.18. The highest BCUT2D eigenvalue weighted by Gasteiger charge is 2.27. The average Bonchev–Trinajstić information content (AvgIpc) is 2.39. The zero-order valence-electron chi connectivity index (χ0n) is 10.9. The quantitative estimate of drug-likeness (QED) is 0.777. The predicted molar refractivity (Wildman–Crippen MR) is 76.3 cm³/mol. The first-order valence-electron chi connectivity index (χ1n) is 6.96. The van der Waals surface area contributed by atoms with Gasteiger partial charge in [0.25, 0.3) is 0 Å². The first-order valence-corrected chi connectivity index (χ1v) is 7.36. The molecule has 1 atom stereocenters. The van der Waals surface area contributed by atoms with Gasteiger partial charge in [-0.3, -0.25) is 4.90 Å². The Kier molecular flexibility index (Phi) is 4.77. The maximum Gasteiger partial charge on any atom is 0.0899 e. The van der Waals surface area contributed by atoms with Crippen molar-refractivity contribution < 1.29 is 0 Å². The average molecular weight is 255 g/mol. The molecule has 2 heterocycles. The van der Waals surface area contributed by atoms with Gasteiger partial charge in [-0.05, 0) is 45.7 Å². The molecule has 0 aromatic carbocycles. The molecule has 0 bridgehead atoms. The zero-order chi connectivity index (χ0) is 12.3. The van der Waals surface area contributed by atoms with E-state index in [4.69, 9.17) is 18.0 Å². The van der Waals surface area contributed by atoms with Gasteiger partial charge in [0.2, 0.25) is 0 Å². The summed E-state index contributed by atoms with van der Waals surface area (Å²) in [6, 6.07) is 1.08. The van der Waals surface area contributed by atoms with Crippen molar-refractivity contribution in [2.45, 2.75) is 51.1 Å². The molecule has 2 N–H and O–H groups in total. The lowest BCUT2D eigenvalue weighted by Crippen LogP contribution is -2.51. The van der Waals surface area contributed by atoms with Crippen LogP contribution in [0.1, 0.15) is 39.0 Å². The second-order valence-corrected chi connectivity index (χ2v) is 5.91. The van der Waals surface area contributed by atoms with E-state index in [1.807, 2.05) is 0 Å². The second-order valence-electron chi connectivity index (χ2n) is 5.44. The molecule has 0 saturated carbocycles. The Balaban J connectivity index is 1.79. The molecule has 0 aliphatic carbocycles. The Labute approximate surface area is 110 Å². The molecule has 2 fully saturated rings. The summed E-state index contributed by atoms with van der Waals surface area (Å²) in [5.41, 5.74) is 5.72. The molecule has 2 rings (SSSR count). The Morgan fingerprint density at radius 2 is 1.71 bits per heavy atom. The predicted octanol–water partition coefficient (Wildman–Crippen LogP) is 1.61. The van der Waals surface area contributed by atoms with Crippen molar-refractivity contribution in [1.29, 1.82) is 0 Å². The van der Waals surface area contributed by atoms with Crippen LogP contribution in [0.4, 0.5) is 0 Å². The van der Waals surface area contributed by atoms with E-state index in [0.717, 1.165) is 19.1 Å². The third kappa shape index (κ3) is 3.39. The van der Waals surface area contributed by atoms with E-state index >= 15 is 0 Å². The number of thiocarbonyl (C=S) groups is 1. The fraction of sp³-hybridized carbons (Fsp3) is 0.923. The minimum absolute atomic E-state index is 0.271. The minimum Gasteiger partial charge on any atom is -0.392 e. The van der Waals surface area contributed by atoms with E-state index in [1.165, 1.54) is 45.2 Å². The summed E-state index contributed by atoms with van der Waals surface area (Å²) >= 11 is 5.08. The van der Waals surface area contributed by atoms with Gasteiger partial charge in [-0.15, -0.1) is 0 Å². The van der Waals surface area contributed by atoms with Gasteiger partial charge in [-0.1, -0.05) is 18.6 Å². The molecule has 1 unspecified atom stereocenters. The van der Waals surface area contributed by atoms with Crippen LogP contribution < -0.4 is 5.73 Å². The first kappa shape index (κ1) is 13.2. The van der Waals surface area contributed by atoms with Crippen LogP contribution in [0.2, 0.25) is 0 Å². The van der Waals surface area contributed by atoms with E-state index < -0.39 is 0 Å². The lowest BCUT2D eigenvalue weighted by Gasteiger charge is -2.41. The molecule has 0 radical (unpaired) electrons. The van der Waals surface area contributed by atoms with Gasteiger partial charge in [0.1, 0.15) is 0 Å². The molecule has 98 valence electrons. The van der Waals surface area contributed by atoms with Gasteiger partial charge in [-0.25, -0.2) is 0 Å². The van der Waals surface area contributed by atoms with E-state index in [-0.39, 0.29) is 6.04 Å². The van der Waals surface area contributed by atoms with E-state index in [1.54, 1.807) is 0 Å². The maximum absolute atomic E-state index is 5.72. The van der Waals surface area contributed by atoms with Crippen molar-refractivity contribution in [1.82, 2.24) is 9.80 Å². The highest BCUT2D eigenvalue weighted by Crippen LogP contribution is 2.21. The summed E-state index contributed by atoms with van der Waals surface area (Å²) in [6.07, 6.45) is 6.78. The van der Waals surface area contributed by atoms with Crippen molar-refractivity contribution in [3.05, 3.63) is 0 Å². The summed E-state index contributed by atoms with van der Waals surface area (Å²) < 4.78 is 0. The molecule has 4 heteroatoms. The topological polar surface area (TPSA) is 32.5 Å². The van der Waals surface area contributed by atoms with Gasteiger partial charge < -0.3 is 10.6 Å². The molecular weight excluding hydrogens is 230 g/mol. The smallest absolute Gasteiger partial charge is 0.0899 e. The van der Waals surface area contributed by atoms with Gasteiger partial charge in [0, 0.05) is 19.1 Å². The number of hydrogen-bond acceptors (Lipinski definition) is 3. The standard InChI is InChI=1S/C13H25N3S/c1-11(13(14)17)15-9-5-12(6-10-15)16-7-3-2-4-8-16/h11-12H,2-10H2,1H3,(H2,14,17). The van der Waals surface area contributed by atoms with E-state index in [2.05, 4.69) is 16.7 Å². The highest BCUT2D eigenvalue weighted by molar-refractivity contribution is 7.80. The van der Waals surface area contributed by atoms with Crippen molar-refractivity contribution in [2.75, 3.05) is 26.2 Å². The normalized spacial score (nSPS) is 26.9. The summed E-state index contributed by atoms with van der Waals surface area (Å²) in [4.78, 5) is 5.77. The lowest BCUT2D eigenvalue weighted by atomic mass is 9.99. The number of piperidine rings is 2. The number of rotatable bonds is 3. The monoisotopic (exact) mass is 255 g/mol. The molecular formula is C13H25N3S. The summed E-state index contributed by atoms with van der Waals surface area (Å²) in [5, 5.41) is 0. The largest absolute Gasteiger partial charge is 0.392 e. The summed E-state index contributed by atoms with van der Waals surface area (Å²) in [6.45, 7) is 7.06. The van der Waals surface area contributed by atoms with Gasteiger partial charge in [-0.2, -0.15) is 0 Å². The molecule has 2 saturated heterocycles. The maximum atomic E-state index is 5.72. The van der Waals surface area contributed by atoms with Crippen molar-refractivity contribution >= 4 is 17.2 Å². The van der Waals surface area contributed by atoms with Crippen LogP contribution in [0.3, 0.4) is 0 Å². The van der Waals surface area contributed by atoms with Crippen LogP contribution in [0.15, 0.2) is 0 Å². The third-order valence-electron chi connectivity index (χ3n) is 4.37. The zero-order valence-corrected chi connectivity index (χ0v) is 11.7. The Morgan fingerprint density at radius 1 is 1.12 bits per heavy atom. The molecule has 0 aromatic heterocycles. The van der Waals surface area contributed by atoms with Crippen LogP contribution in [0.5, 0.6) is 0 Å². The molecule has 2 aliphatic rings. The number of likely N-dealkylation sites (tertiary alicyclic amines) is 2. The summed E-state index contributed by atoms with van der Waals surface area (Å²) in [7, 11) is 0. The third-order valence-corrected chi connectivity index (χ3v) is 4.71. The Hall–Kier alpha value is -0.190. The SMILES string of the molecule is CC(C(N)=S)N1CCC(N2CCCCC2)CC1. The van der Waals surface area contributed by atoms with Crippen LogP contribution in [0, 0.1) is 0 Å². The van der Waals surface area contributed by atoms with Crippen LogP contribution in [-0.4, -0.2) is 53.1 Å². The Bertz CT molecular complexity index is 255. The fourth-order valence-corrected chi connectivity index (χ4v) is 3.25. The second kappa shape index (κ2) is 6.12. The summed E-state index contributed by atoms with van der Waals surface area (Å²) in [5.74, 6) is 0. The van der Waals surface area contributed by atoms with Crippen molar-refractivity contribution in [2.24, 2.45) is 5.73 Å². The van der Waals surface area contributed by atoms with Crippen molar-refractivity contribution in [3.63, 3.8) is 0 Å². The van der Waals surface area contributed by atoms with Gasteiger partial charge in [0.15, 0.2) is 0 Å².